The zero-order chi connectivity index (χ0) is 15.2. The first-order valence-electron chi connectivity index (χ1n) is 7.12. The second kappa shape index (κ2) is 7.64. The normalized spacial score (nSPS) is 16.0. The van der Waals surface area contributed by atoms with Gasteiger partial charge in [-0.3, -0.25) is 0 Å². The average Bonchev–Trinajstić information content (AvgIpc) is 2.47. The van der Waals surface area contributed by atoms with Crippen LogP contribution in [-0.4, -0.2) is 35.8 Å². The lowest BCUT2D eigenvalue weighted by atomic mass is 9.92. The van der Waals surface area contributed by atoms with Crippen LogP contribution in [0, 0.1) is 11.7 Å². The molecule has 0 aliphatic carbocycles. The molecule has 0 bridgehead atoms. The minimum absolute atomic E-state index is 0.325. The van der Waals surface area contributed by atoms with E-state index in [1.165, 1.54) is 11.0 Å². The molecule has 1 aliphatic heterocycles. The van der Waals surface area contributed by atoms with Crippen molar-refractivity contribution in [3.63, 3.8) is 0 Å². The zero-order valence-corrected chi connectivity index (χ0v) is 13.3. The first-order valence-corrected chi connectivity index (χ1v) is 7.91. The second-order valence-corrected chi connectivity index (χ2v) is 6.13. The largest absolute Gasteiger partial charge is 0.493 e. The summed E-state index contributed by atoms with van der Waals surface area (Å²) < 4.78 is 19.3. The van der Waals surface area contributed by atoms with E-state index < -0.39 is 6.09 Å². The summed E-state index contributed by atoms with van der Waals surface area (Å²) in [6.07, 6.45) is 2.93. The van der Waals surface area contributed by atoms with Gasteiger partial charge in [0, 0.05) is 19.2 Å². The highest BCUT2D eigenvalue weighted by molar-refractivity contribution is 9.10. The van der Waals surface area contributed by atoms with E-state index in [9.17, 15) is 9.18 Å². The number of hydrogen-bond acceptors (Lipinski definition) is 2. The van der Waals surface area contributed by atoms with Crippen LogP contribution in [0.15, 0.2) is 22.7 Å². The third-order valence-electron chi connectivity index (χ3n) is 3.80. The third kappa shape index (κ3) is 4.88. The van der Waals surface area contributed by atoms with Gasteiger partial charge in [-0.2, -0.15) is 0 Å². The summed E-state index contributed by atoms with van der Waals surface area (Å²) in [4.78, 5) is 12.3. The monoisotopic (exact) mass is 359 g/mol. The van der Waals surface area contributed by atoms with Crippen LogP contribution in [-0.2, 0) is 0 Å². The van der Waals surface area contributed by atoms with Crippen LogP contribution >= 0.6 is 15.9 Å². The van der Waals surface area contributed by atoms with Crippen LogP contribution in [0.4, 0.5) is 9.18 Å². The maximum absolute atomic E-state index is 13.3. The molecule has 1 aromatic carbocycles. The van der Waals surface area contributed by atoms with Crippen molar-refractivity contribution in [2.75, 3.05) is 19.7 Å². The lowest BCUT2D eigenvalue weighted by molar-refractivity contribution is 0.121. The van der Waals surface area contributed by atoms with Crippen LogP contribution in [0.2, 0.25) is 0 Å². The van der Waals surface area contributed by atoms with Gasteiger partial charge in [-0.25, -0.2) is 9.18 Å². The van der Waals surface area contributed by atoms with Crippen molar-refractivity contribution in [1.82, 2.24) is 4.90 Å². The van der Waals surface area contributed by atoms with Crippen LogP contribution in [0.3, 0.4) is 0 Å². The van der Waals surface area contributed by atoms with Crippen molar-refractivity contribution in [1.29, 1.82) is 0 Å². The SMILES string of the molecule is O=C(O)N1CCC(CCCOc2ccc(Br)c(F)c2)CC1. The van der Waals surface area contributed by atoms with Gasteiger partial charge in [-0.05, 0) is 59.7 Å². The molecule has 1 saturated heterocycles. The Morgan fingerprint density at radius 1 is 1.43 bits per heavy atom. The van der Waals surface area contributed by atoms with E-state index in [4.69, 9.17) is 9.84 Å². The summed E-state index contributed by atoms with van der Waals surface area (Å²) in [6.45, 7) is 1.80. The van der Waals surface area contributed by atoms with Gasteiger partial charge in [-0.15, -0.1) is 0 Å². The molecule has 0 saturated carbocycles. The molecule has 0 atom stereocenters. The molecule has 0 aromatic heterocycles. The summed E-state index contributed by atoms with van der Waals surface area (Å²) in [5.74, 6) is 0.774. The number of ether oxygens (including phenoxy) is 1. The van der Waals surface area contributed by atoms with Gasteiger partial charge in [-0.1, -0.05) is 0 Å². The number of likely N-dealkylation sites (tertiary alicyclic amines) is 1. The summed E-state index contributed by atoms with van der Waals surface area (Å²) in [7, 11) is 0. The van der Waals surface area contributed by atoms with Crippen molar-refractivity contribution in [3.05, 3.63) is 28.5 Å². The molecule has 1 heterocycles. The molecule has 0 spiro atoms. The minimum Gasteiger partial charge on any atom is -0.493 e. The molecule has 2 rings (SSSR count). The highest BCUT2D eigenvalue weighted by atomic mass is 79.9. The van der Waals surface area contributed by atoms with Crippen molar-refractivity contribution < 1.29 is 19.0 Å². The Hall–Kier alpha value is -1.30. The zero-order valence-electron chi connectivity index (χ0n) is 11.7. The molecular weight excluding hydrogens is 341 g/mol. The minimum atomic E-state index is -0.825. The molecule has 1 aliphatic rings. The van der Waals surface area contributed by atoms with Crippen LogP contribution < -0.4 is 4.74 Å². The van der Waals surface area contributed by atoms with Crippen molar-refractivity contribution in [3.8, 4) is 5.75 Å². The third-order valence-corrected chi connectivity index (χ3v) is 4.44. The average molecular weight is 360 g/mol. The van der Waals surface area contributed by atoms with E-state index in [-0.39, 0.29) is 5.82 Å². The molecule has 1 amide bonds. The Kier molecular flexibility index (Phi) is 5.85. The molecule has 1 aromatic rings. The number of rotatable bonds is 5. The molecule has 4 nitrogen and oxygen atoms in total. The highest BCUT2D eigenvalue weighted by Gasteiger charge is 2.21. The molecule has 0 unspecified atom stereocenters. The van der Waals surface area contributed by atoms with Gasteiger partial charge >= 0.3 is 6.09 Å². The summed E-state index contributed by atoms with van der Waals surface area (Å²) in [5.41, 5.74) is 0. The first-order chi connectivity index (χ1) is 10.1. The van der Waals surface area contributed by atoms with Crippen molar-refractivity contribution >= 4 is 22.0 Å². The number of benzene rings is 1. The number of carbonyl (C=O) groups is 1. The lowest BCUT2D eigenvalue weighted by Crippen LogP contribution is -2.37. The fraction of sp³-hybridized carbons (Fsp3) is 0.533. The summed E-state index contributed by atoms with van der Waals surface area (Å²) in [6, 6.07) is 4.74. The number of halogens is 2. The summed E-state index contributed by atoms with van der Waals surface area (Å²) >= 11 is 3.10. The van der Waals surface area contributed by atoms with E-state index in [1.54, 1.807) is 12.1 Å². The molecule has 6 heteroatoms. The van der Waals surface area contributed by atoms with E-state index in [2.05, 4.69) is 15.9 Å². The van der Waals surface area contributed by atoms with Gasteiger partial charge in [0.05, 0.1) is 11.1 Å². The Morgan fingerprint density at radius 2 is 2.14 bits per heavy atom. The van der Waals surface area contributed by atoms with Crippen molar-refractivity contribution in [2.24, 2.45) is 5.92 Å². The molecule has 21 heavy (non-hydrogen) atoms. The lowest BCUT2D eigenvalue weighted by Gasteiger charge is -2.29. The molecule has 1 N–H and O–H groups in total. The predicted molar refractivity (Wildman–Crippen MR) is 81.2 cm³/mol. The number of carboxylic acid groups (broad SMARTS) is 1. The molecule has 0 radical (unpaired) electrons. The van der Waals surface area contributed by atoms with Crippen LogP contribution in [0.5, 0.6) is 5.75 Å². The number of nitrogens with zero attached hydrogens (tertiary/aromatic N) is 1. The predicted octanol–water partition coefficient (Wildman–Crippen LogP) is 4.14. The van der Waals surface area contributed by atoms with Gasteiger partial charge in [0.2, 0.25) is 0 Å². The maximum atomic E-state index is 13.3. The topological polar surface area (TPSA) is 49.8 Å². The van der Waals surface area contributed by atoms with E-state index in [0.717, 1.165) is 25.7 Å². The summed E-state index contributed by atoms with van der Waals surface area (Å²) in [5, 5.41) is 8.88. The fourth-order valence-electron chi connectivity index (χ4n) is 2.54. The molecule has 1 fully saturated rings. The first kappa shape index (κ1) is 16.1. The Morgan fingerprint density at radius 3 is 2.76 bits per heavy atom. The van der Waals surface area contributed by atoms with Crippen molar-refractivity contribution in [2.45, 2.75) is 25.7 Å². The Labute approximate surface area is 132 Å². The fourth-order valence-corrected chi connectivity index (χ4v) is 2.79. The van der Waals surface area contributed by atoms with Gasteiger partial charge in [0.25, 0.3) is 0 Å². The van der Waals surface area contributed by atoms with E-state index in [0.29, 0.717) is 35.8 Å². The Bertz CT molecular complexity index is 490. The van der Waals surface area contributed by atoms with Gasteiger partial charge < -0.3 is 14.7 Å². The number of amides is 1. The molecule has 116 valence electrons. The smallest absolute Gasteiger partial charge is 0.407 e. The van der Waals surface area contributed by atoms with Gasteiger partial charge in [0.1, 0.15) is 11.6 Å². The number of hydrogen-bond donors (Lipinski definition) is 1. The highest BCUT2D eigenvalue weighted by Crippen LogP contribution is 2.23. The quantitative estimate of drug-likeness (QED) is 0.803. The second-order valence-electron chi connectivity index (χ2n) is 5.28. The Balaban J connectivity index is 1.64. The van der Waals surface area contributed by atoms with Gasteiger partial charge in [0.15, 0.2) is 0 Å². The van der Waals surface area contributed by atoms with Crippen LogP contribution in [0.1, 0.15) is 25.7 Å². The number of piperidine rings is 1. The standard InChI is InChI=1S/C15H19BrFNO3/c16-13-4-3-12(10-14(13)17)21-9-1-2-11-5-7-18(8-6-11)15(19)20/h3-4,10-11H,1-2,5-9H2,(H,19,20). The van der Waals surface area contributed by atoms with E-state index in [1.807, 2.05) is 0 Å². The van der Waals surface area contributed by atoms with E-state index >= 15 is 0 Å². The molecular formula is C15H19BrFNO3. The maximum Gasteiger partial charge on any atom is 0.407 e. The van der Waals surface area contributed by atoms with Crippen LogP contribution in [0.25, 0.3) is 0 Å².